The molecule has 4 nitrogen and oxygen atoms in total. The Morgan fingerprint density at radius 2 is 2.35 bits per heavy atom. The molecule has 1 saturated heterocycles. The lowest BCUT2D eigenvalue weighted by Crippen LogP contribution is -2.24. The monoisotopic (exact) mass is 239 g/mol. The molecule has 1 aromatic carbocycles. The molecule has 92 valence electrons. The maximum absolute atomic E-state index is 13.0. The van der Waals surface area contributed by atoms with Crippen molar-refractivity contribution >= 4 is 11.7 Å². The zero-order valence-corrected chi connectivity index (χ0v) is 9.52. The molecule has 2 rings (SSSR count). The molecule has 0 aliphatic carbocycles. The van der Waals surface area contributed by atoms with Gasteiger partial charge in [0, 0.05) is 20.2 Å². The number of anilines is 1. The lowest BCUT2D eigenvalue weighted by atomic mass is 10.1. The van der Waals surface area contributed by atoms with Crippen LogP contribution in [0.15, 0.2) is 18.2 Å². The van der Waals surface area contributed by atoms with Gasteiger partial charge in [-0.1, -0.05) is 0 Å². The first-order valence-electron chi connectivity index (χ1n) is 5.42. The molecule has 0 amide bonds. The van der Waals surface area contributed by atoms with E-state index < -0.39 is 11.8 Å². The van der Waals surface area contributed by atoms with Crippen LogP contribution in [0.2, 0.25) is 0 Å². The summed E-state index contributed by atoms with van der Waals surface area (Å²) < 4.78 is 18.3. The quantitative estimate of drug-likeness (QED) is 0.873. The largest absolute Gasteiger partial charge is 0.478 e. The molecule has 0 radical (unpaired) electrons. The van der Waals surface area contributed by atoms with Crippen molar-refractivity contribution in [3.63, 3.8) is 0 Å². The van der Waals surface area contributed by atoms with E-state index in [2.05, 4.69) is 0 Å². The van der Waals surface area contributed by atoms with Crippen molar-refractivity contribution in [2.24, 2.45) is 0 Å². The first-order chi connectivity index (χ1) is 8.11. The average Bonchev–Trinajstić information content (AvgIpc) is 2.77. The van der Waals surface area contributed by atoms with Crippen molar-refractivity contribution in [1.29, 1.82) is 0 Å². The minimum absolute atomic E-state index is 0.00162. The fourth-order valence-corrected chi connectivity index (χ4v) is 2.09. The van der Waals surface area contributed by atoms with Gasteiger partial charge in [0.15, 0.2) is 0 Å². The number of carboxylic acids is 1. The van der Waals surface area contributed by atoms with Gasteiger partial charge >= 0.3 is 5.97 Å². The number of hydrogen-bond acceptors (Lipinski definition) is 3. The molecule has 1 aromatic rings. The Bertz CT molecular complexity index is 436. The number of aromatic carboxylic acids is 1. The van der Waals surface area contributed by atoms with Crippen molar-refractivity contribution in [1.82, 2.24) is 0 Å². The smallest absolute Gasteiger partial charge is 0.337 e. The average molecular weight is 239 g/mol. The Balaban J connectivity index is 2.29. The molecule has 0 spiro atoms. The standard InChI is InChI=1S/C12H14FNO3/c1-17-9-4-5-14(7-9)11-3-2-8(13)6-10(11)12(15)16/h2-3,6,9H,4-5,7H2,1H3,(H,15,16). The summed E-state index contributed by atoms with van der Waals surface area (Å²) in [5, 5.41) is 9.05. The maximum Gasteiger partial charge on any atom is 0.337 e. The topological polar surface area (TPSA) is 49.8 Å². The van der Waals surface area contributed by atoms with Crippen molar-refractivity contribution in [2.75, 3.05) is 25.1 Å². The van der Waals surface area contributed by atoms with Crippen LogP contribution >= 0.6 is 0 Å². The number of halogens is 1. The van der Waals surface area contributed by atoms with Crippen molar-refractivity contribution in [3.05, 3.63) is 29.6 Å². The predicted octanol–water partition coefficient (Wildman–Crippen LogP) is 1.75. The molecule has 17 heavy (non-hydrogen) atoms. The van der Waals surface area contributed by atoms with E-state index in [0.717, 1.165) is 19.0 Å². The van der Waals surface area contributed by atoms with E-state index in [9.17, 15) is 9.18 Å². The van der Waals surface area contributed by atoms with Gasteiger partial charge in [-0.25, -0.2) is 9.18 Å². The number of ether oxygens (including phenoxy) is 1. The molecule has 0 bridgehead atoms. The highest BCUT2D eigenvalue weighted by atomic mass is 19.1. The Kier molecular flexibility index (Phi) is 3.28. The third-order valence-corrected chi connectivity index (χ3v) is 3.01. The molecule has 0 aromatic heterocycles. The van der Waals surface area contributed by atoms with Crippen molar-refractivity contribution in [2.45, 2.75) is 12.5 Å². The molecule has 0 saturated carbocycles. The molecule has 1 aliphatic heterocycles. The van der Waals surface area contributed by atoms with Crippen LogP contribution in [0.3, 0.4) is 0 Å². The molecule has 5 heteroatoms. The number of nitrogens with zero attached hydrogens (tertiary/aromatic N) is 1. The van der Waals surface area contributed by atoms with Gasteiger partial charge in [-0.3, -0.25) is 0 Å². The van der Waals surface area contributed by atoms with Gasteiger partial charge in [-0.2, -0.15) is 0 Å². The van der Waals surface area contributed by atoms with Gasteiger partial charge in [-0.05, 0) is 24.6 Å². The SMILES string of the molecule is COC1CCN(c2ccc(F)cc2C(=O)O)C1. The van der Waals surface area contributed by atoms with Crippen LogP contribution in [0.25, 0.3) is 0 Å². The van der Waals surface area contributed by atoms with Gasteiger partial charge in [0.1, 0.15) is 5.82 Å². The van der Waals surface area contributed by atoms with E-state index in [4.69, 9.17) is 9.84 Å². The summed E-state index contributed by atoms with van der Waals surface area (Å²) in [7, 11) is 1.64. The lowest BCUT2D eigenvalue weighted by Gasteiger charge is -2.20. The van der Waals surface area contributed by atoms with Crippen LogP contribution in [0.4, 0.5) is 10.1 Å². The van der Waals surface area contributed by atoms with Gasteiger partial charge in [0.05, 0.1) is 17.4 Å². The Morgan fingerprint density at radius 3 is 2.94 bits per heavy atom. The Hall–Kier alpha value is -1.62. The van der Waals surface area contributed by atoms with Gasteiger partial charge < -0.3 is 14.7 Å². The summed E-state index contributed by atoms with van der Waals surface area (Å²) in [6.07, 6.45) is 0.967. The summed E-state index contributed by atoms with van der Waals surface area (Å²) in [5.41, 5.74) is 0.556. The van der Waals surface area contributed by atoms with Crippen LogP contribution in [0, 0.1) is 5.82 Å². The summed E-state index contributed by atoms with van der Waals surface area (Å²) in [5.74, 6) is -1.64. The molecule has 1 heterocycles. The summed E-state index contributed by atoms with van der Waals surface area (Å²) in [6.45, 7) is 1.37. The number of hydrogen-bond donors (Lipinski definition) is 1. The third kappa shape index (κ3) is 2.39. The van der Waals surface area contributed by atoms with Crippen LogP contribution in [-0.2, 0) is 4.74 Å². The zero-order valence-electron chi connectivity index (χ0n) is 9.52. The molecule has 1 N–H and O–H groups in total. The highest BCUT2D eigenvalue weighted by Crippen LogP contribution is 2.26. The fourth-order valence-electron chi connectivity index (χ4n) is 2.09. The second kappa shape index (κ2) is 4.71. The van der Waals surface area contributed by atoms with E-state index in [-0.39, 0.29) is 11.7 Å². The number of benzene rings is 1. The van der Waals surface area contributed by atoms with Crippen LogP contribution in [-0.4, -0.2) is 37.4 Å². The van der Waals surface area contributed by atoms with E-state index in [1.165, 1.54) is 12.1 Å². The Labute approximate surface area is 98.6 Å². The molecule has 1 unspecified atom stereocenters. The number of rotatable bonds is 3. The van der Waals surface area contributed by atoms with Gasteiger partial charge in [-0.15, -0.1) is 0 Å². The second-order valence-electron chi connectivity index (χ2n) is 4.06. The summed E-state index contributed by atoms with van der Waals surface area (Å²) in [4.78, 5) is 13.0. The zero-order chi connectivity index (χ0) is 12.4. The van der Waals surface area contributed by atoms with Crippen LogP contribution in [0.1, 0.15) is 16.8 Å². The van der Waals surface area contributed by atoms with Gasteiger partial charge in [0.25, 0.3) is 0 Å². The van der Waals surface area contributed by atoms with Crippen LogP contribution < -0.4 is 4.90 Å². The maximum atomic E-state index is 13.0. The molecule has 1 fully saturated rings. The van der Waals surface area contributed by atoms with E-state index in [0.29, 0.717) is 12.2 Å². The van der Waals surface area contributed by atoms with E-state index in [1.54, 1.807) is 7.11 Å². The van der Waals surface area contributed by atoms with Crippen molar-refractivity contribution < 1.29 is 19.0 Å². The Morgan fingerprint density at radius 1 is 1.59 bits per heavy atom. The third-order valence-electron chi connectivity index (χ3n) is 3.01. The number of methoxy groups -OCH3 is 1. The summed E-state index contributed by atoms with van der Waals surface area (Å²) in [6, 6.07) is 3.84. The van der Waals surface area contributed by atoms with E-state index in [1.807, 2.05) is 4.90 Å². The van der Waals surface area contributed by atoms with Crippen molar-refractivity contribution in [3.8, 4) is 0 Å². The molecule has 1 atom stereocenters. The normalized spacial score (nSPS) is 19.6. The minimum atomic E-state index is -1.11. The molecular formula is C12H14FNO3. The minimum Gasteiger partial charge on any atom is -0.478 e. The fraction of sp³-hybridized carbons (Fsp3) is 0.417. The number of carboxylic acid groups (broad SMARTS) is 1. The molecule has 1 aliphatic rings. The number of carbonyl (C=O) groups is 1. The summed E-state index contributed by atoms with van der Waals surface area (Å²) >= 11 is 0. The highest BCUT2D eigenvalue weighted by molar-refractivity contribution is 5.94. The second-order valence-corrected chi connectivity index (χ2v) is 4.06. The highest BCUT2D eigenvalue weighted by Gasteiger charge is 2.25. The van der Waals surface area contributed by atoms with Gasteiger partial charge in [0.2, 0.25) is 0 Å². The molecular weight excluding hydrogens is 225 g/mol. The predicted molar refractivity (Wildman–Crippen MR) is 61.0 cm³/mol. The van der Waals surface area contributed by atoms with Crippen LogP contribution in [0.5, 0.6) is 0 Å². The first-order valence-corrected chi connectivity index (χ1v) is 5.42. The van der Waals surface area contributed by atoms with E-state index >= 15 is 0 Å². The first kappa shape index (κ1) is 11.9. The lowest BCUT2D eigenvalue weighted by molar-refractivity contribution is 0.0697.